The Morgan fingerprint density at radius 3 is 2.62 bits per heavy atom. The lowest BCUT2D eigenvalue weighted by molar-refractivity contribution is 0.185. The lowest BCUT2D eigenvalue weighted by Gasteiger charge is -2.16. The molecule has 1 atom stereocenters. The molecule has 0 saturated carbocycles. The molecular weight excluding hydrogens is 328 g/mol. The molecule has 0 aliphatic carbocycles. The number of nitrogens with zero attached hydrogens (tertiary/aromatic N) is 1. The van der Waals surface area contributed by atoms with E-state index in [9.17, 15) is 5.26 Å². The van der Waals surface area contributed by atoms with Crippen LogP contribution < -0.4 is 5.32 Å². The minimum absolute atomic E-state index is 0.180. The Morgan fingerprint density at radius 2 is 1.95 bits per heavy atom. The van der Waals surface area contributed by atoms with Gasteiger partial charge in [-0.2, -0.15) is 5.26 Å². The van der Waals surface area contributed by atoms with Crippen LogP contribution in [0.3, 0.4) is 0 Å². The summed E-state index contributed by atoms with van der Waals surface area (Å²) in [5.41, 5.74) is 3.07. The van der Waals surface area contributed by atoms with Crippen LogP contribution in [0.1, 0.15) is 17.0 Å². The highest BCUT2D eigenvalue weighted by Crippen LogP contribution is 2.26. The highest BCUT2D eigenvalue weighted by molar-refractivity contribution is 9.10. The van der Waals surface area contributed by atoms with E-state index in [-0.39, 0.29) is 5.92 Å². The van der Waals surface area contributed by atoms with Gasteiger partial charge in [0.15, 0.2) is 0 Å². The highest BCUT2D eigenvalue weighted by atomic mass is 79.9. The zero-order chi connectivity index (χ0) is 15.1. The number of halogens is 1. The van der Waals surface area contributed by atoms with E-state index in [1.165, 1.54) is 0 Å². The number of benzene rings is 2. The van der Waals surface area contributed by atoms with Crippen LogP contribution in [-0.4, -0.2) is 13.7 Å². The van der Waals surface area contributed by atoms with Crippen LogP contribution in [0.25, 0.3) is 0 Å². The van der Waals surface area contributed by atoms with Crippen molar-refractivity contribution in [2.45, 2.75) is 12.5 Å². The van der Waals surface area contributed by atoms with Gasteiger partial charge in [0.05, 0.1) is 18.6 Å². The SMILES string of the molecule is COCc1c(Br)cccc1NCC(C#N)c1ccccc1. The first kappa shape index (κ1) is 15.6. The summed E-state index contributed by atoms with van der Waals surface area (Å²) in [5.74, 6) is -0.180. The first-order valence-corrected chi connectivity index (χ1v) is 7.50. The maximum absolute atomic E-state index is 9.36. The van der Waals surface area contributed by atoms with Gasteiger partial charge in [0, 0.05) is 29.4 Å². The van der Waals surface area contributed by atoms with E-state index < -0.39 is 0 Å². The molecule has 2 rings (SSSR count). The molecule has 0 amide bonds. The fraction of sp³-hybridized carbons (Fsp3) is 0.235. The van der Waals surface area contributed by atoms with Crippen molar-refractivity contribution >= 4 is 21.6 Å². The molecule has 0 fully saturated rings. The van der Waals surface area contributed by atoms with Gasteiger partial charge < -0.3 is 10.1 Å². The van der Waals surface area contributed by atoms with Gasteiger partial charge in [0.2, 0.25) is 0 Å². The second kappa shape index (κ2) is 7.82. The Hall–Kier alpha value is -1.83. The van der Waals surface area contributed by atoms with E-state index >= 15 is 0 Å². The van der Waals surface area contributed by atoms with Gasteiger partial charge in [0.25, 0.3) is 0 Å². The van der Waals surface area contributed by atoms with Crippen LogP contribution in [0.2, 0.25) is 0 Å². The Bertz CT molecular complexity index is 622. The third kappa shape index (κ3) is 4.07. The molecule has 0 bridgehead atoms. The summed E-state index contributed by atoms with van der Waals surface area (Å²) in [7, 11) is 1.67. The monoisotopic (exact) mass is 344 g/mol. The third-order valence-electron chi connectivity index (χ3n) is 3.26. The fourth-order valence-electron chi connectivity index (χ4n) is 2.15. The minimum atomic E-state index is -0.180. The summed E-state index contributed by atoms with van der Waals surface area (Å²) in [6, 6.07) is 18.1. The quantitative estimate of drug-likeness (QED) is 0.848. The van der Waals surface area contributed by atoms with Gasteiger partial charge >= 0.3 is 0 Å². The molecule has 1 N–H and O–H groups in total. The largest absolute Gasteiger partial charge is 0.383 e. The molecule has 3 nitrogen and oxygen atoms in total. The second-order valence-electron chi connectivity index (χ2n) is 4.67. The lowest BCUT2D eigenvalue weighted by Crippen LogP contribution is -2.12. The summed E-state index contributed by atoms with van der Waals surface area (Å²) < 4.78 is 6.23. The van der Waals surface area contributed by atoms with E-state index in [1.54, 1.807) is 7.11 Å². The van der Waals surface area contributed by atoms with Crippen molar-refractivity contribution in [3.8, 4) is 6.07 Å². The number of nitriles is 1. The number of hydrogen-bond acceptors (Lipinski definition) is 3. The standard InChI is InChI=1S/C17H17BrN2O/c1-21-12-15-16(18)8-5-9-17(15)20-11-14(10-19)13-6-3-2-4-7-13/h2-9,14,20H,11-12H2,1H3. The van der Waals surface area contributed by atoms with Gasteiger partial charge in [-0.3, -0.25) is 0 Å². The average molecular weight is 345 g/mol. The molecule has 0 radical (unpaired) electrons. The highest BCUT2D eigenvalue weighted by Gasteiger charge is 2.12. The van der Waals surface area contributed by atoms with Crippen LogP contribution in [0.4, 0.5) is 5.69 Å². The fourth-order valence-corrected chi connectivity index (χ4v) is 2.63. The van der Waals surface area contributed by atoms with Crippen molar-refractivity contribution in [3.63, 3.8) is 0 Å². The summed E-state index contributed by atoms with van der Waals surface area (Å²) in [5, 5.41) is 12.7. The molecule has 0 saturated heterocycles. The van der Waals surface area contributed by atoms with Crippen molar-refractivity contribution in [1.82, 2.24) is 0 Å². The van der Waals surface area contributed by atoms with Crippen LogP contribution in [0, 0.1) is 11.3 Å². The summed E-state index contributed by atoms with van der Waals surface area (Å²) >= 11 is 3.53. The molecule has 0 aliphatic rings. The van der Waals surface area contributed by atoms with Crippen LogP contribution in [-0.2, 0) is 11.3 Å². The molecule has 21 heavy (non-hydrogen) atoms. The Kier molecular flexibility index (Phi) is 5.79. The Balaban J connectivity index is 2.12. The third-order valence-corrected chi connectivity index (χ3v) is 4.00. The molecule has 1 unspecified atom stereocenters. The number of nitrogens with one attached hydrogen (secondary N) is 1. The maximum atomic E-state index is 9.36. The van der Waals surface area contributed by atoms with Crippen molar-refractivity contribution in [2.24, 2.45) is 0 Å². The molecule has 0 spiro atoms. The van der Waals surface area contributed by atoms with Crippen LogP contribution >= 0.6 is 15.9 Å². The molecule has 2 aromatic rings. The number of hydrogen-bond donors (Lipinski definition) is 1. The van der Waals surface area contributed by atoms with E-state index in [2.05, 4.69) is 27.3 Å². The normalized spacial score (nSPS) is 11.7. The average Bonchev–Trinajstić information content (AvgIpc) is 2.52. The van der Waals surface area contributed by atoms with E-state index in [1.807, 2.05) is 48.5 Å². The molecule has 0 aliphatic heterocycles. The first-order chi connectivity index (χ1) is 10.3. The Labute approximate surface area is 133 Å². The van der Waals surface area contributed by atoms with Gasteiger partial charge in [-0.05, 0) is 17.7 Å². The first-order valence-electron chi connectivity index (χ1n) is 6.71. The van der Waals surface area contributed by atoms with Gasteiger partial charge in [-0.25, -0.2) is 0 Å². The molecular formula is C17H17BrN2O. The number of rotatable bonds is 6. The lowest BCUT2D eigenvalue weighted by atomic mass is 10.0. The summed E-state index contributed by atoms with van der Waals surface area (Å²) in [6.45, 7) is 1.08. The number of methoxy groups -OCH3 is 1. The molecule has 108 valence electrons. The minimum Gasteiger partial charge on any atom is -0.383 e. The predicted octanol–water partition coefficient (Wildman–Crippen LogP) is 4.31. The van der Waals surface area contributed by atoms with Crippen molar-refractivity contribution in [3.05, 3.63) is 64.1 Å². The zero-order valence-electron chi connectivity index (χ0n) is 11.8. The van der Waals surface area contributed by atoms with Crippen LogP contribution in [0.5, 0.6) is 0 Å². The molecule has 2 aromatic carbocycles. The number of ether oxygens (including phenoxy) is 1. The molecule has 0 aromatic heterocycles. The summed E-state index contributed by atoms with van der Waals surface area (Å²) in [6.07, 6.45) is 0. The summed E-state index contributed by atoms with van der Waals surface area (Å²) in [4.78, 5) is 0. The number of anilines is 1. The van der Waals surface area contributed by atoms with Gasteiger partial charge in [-0.1, -0.05) is 52.3 Å². The Morgan fingerprint density at radius 1 is 1.19 bits per heavy atom. The van der Waals surface area contributed by atoms with Crippen molar-refractivity contribution < 1.29 is 4.74 Å². The van der Waals surface area contributed by atoms with Gasteiger partial charge in [-0.15, -0.1) is 0 Å². The van der Waals surface area contributed by atoms with Gasteiger partial charge in [0.1, 0.15) is 0 Å². The van der Waals surface area contributed by atoms with E-state index in [0.29, 0.717) is 13.2 Å². The van der Waals surface area contributed by atoms with Crippen LogP contribution in [0.15, 0.2) is 53.0 Å². The zero-order valence-corrected chi connectivity index (χ0v) is 13.4. The molecule has 4 heteroatoms. The van der Waals surface area contributed by atoms with E-state index in [0.717, 1.165) is 21.3 Å². The second-order valence-corrected chi connectivity index (χ2v) is 5.53. The van der Waals surface area contributed by atoms with Crippen molar-refractivity contribution in [2.75, 3.05) is 19.0 Å². The van der Waals surface area contributed by atoms with E-state index in [4.69, 9.17) is 4.74 Å². The topological polar surface area (TPSA) is 45.0 Å². The van der Waals surface area contributed by atoms with Crippen molar-refractivity contribution in [1.29, 1.82) is 5.26 Å². The maximum Gasteiger partial charge on any atom is 0.0885 e. The predicted molar refractivity (Wildman–Crippen MR) is 88.1 cm³/mol. The smallest absolute Gasteiger partial charge is 0.0885 e. The molecule has 0 heterocycles.